The fourth-order valence-electron chi connectivity index (χ4n) is 2.39. The van der Waals surface area contributed by atoms with Crippen LogP contribution in [0.5, 0.6) is 5.75 Å². The van der Waals surface area contributed by atoms with Gasteiger partial charge in [-0.2, -0.15) is 0 Å². The molecule has 0 bridgehead atoms. The van der Waals surface area contributed by atoms with Crippen LogP contribution < -0.4 is 15.4 Å². The second kappa shape index (κ2) is 10.3. The summed E-state index contributed by atoms with van der Waals surface area (Å²) in [7, 11) is 0. The second-order valence-corrected chi connectivity index (χ2v) is 7.04. The van der Waals surface area contributed by atoms with Crippen LogP contribution in [-0.4, -0.2) is 24.2 Å². The van der Waals surface area contributed by atoms with Crippen LogP contribution in [0.3, 0.4) is 0 Å². The van der Waals surface area contributed by atoms with Crippen molar-refractivity contribution in [1.29, 1.82) is 0 Å². The van der Waals surface area contributed by atoms with Gasteiger partial charge in [0.05, 0.1) is 11.4 Å². The van der Waals surface area contributed by atoms with E-state index in [1.807, 2.05) is 18.2 Å². The highest BCUT2D eigenvalue weighted by Crippen LogP contribution is 2.21. The minimum Gasteiger partial charge on any atom is -0.484 e. The van der Waals surface area contributed by atoms with Crippen LogP contribution in [-0.2, 0) is 9.59 Å². The first kappa shape index (κ1) is 20.4. The van der Waals surface area contributed by atoms with Gasteiger partial charge in [-0.25, -0.2) is 4.39 Å². The molecule has 2 N–H and O–H groups in total. The maximum atomic E-state index is 13.5. The molecule has 5 nitrogen and oxygen atoms in total. The topological polar surface area (TPSA) is 67.4 Å². The largest absolute Gasteiger partial charge is 0.484 e. The summed E-state index contributed by atoms with van der Waals surface area (Å²) in [5.41, 5.74) is 0.792. The number of ether oxygens (including phenoxy) is 1. The van der Waals surface area contributed by atoms with Crippen LogP contribution in [0.1, 0.15) is 0 Å². The van der Waals surface area contributed by atoms with Crippen molar-refractivity contribution in [3.05, 3.63) is 84.7 Å². The Bertz CT molecular complexity index is 965. The Balaban J connectivity index is 1.43. The van der Waals surface area contributed by atoms with Gasteiger partial charge < -0.3 is 15.4 Å². The van der Waals surface area contributed by atoms with Crippen molar-refractivity contribution in [1.82, 2.24) is 0 Å². The summed E-state index contributed by atoms with van der Waals surface area (Å²) in [5.74, 6) is -0.260. The molecule has 0 spiro atoms. The number of amides is 2. The summed E-state index contributed by atoms with van der Waals surface area (Å²) in [6, 6.07) is 22.2. The predicted octanol–water partition coefficient (Wildman–Crippen LogP) is 4.57. The molecule has 0 radical (unpaired) electrons. The maximum absolute atomic E-state index is 13.5. The number of rotatable bonds is 8. The van der Waals surface area contributed by atoms with E-state index in [9.17, 15) is 14.0 Å². The van der Waals surface area contributed by atoms with Crippen molar-refractivity contribution in [2.24, 2.45) is 0 Å². The molecule has 0 aliphatic rings. The van der Waals surface area contributed by atoms with Crippen LogP contribution in [0.25, 0.3) is 0 Å². The van der Waals surface area contributed by atoms with Gasteiger partial charge in [0.25, 0.3) is 5.91 Å². The van der Waals surface area contributed by atoms with Crippen LogP contribution in [0, 0.1) is 5.82 Å². The number of halogens is 1. The molecule has 0 unspecified atom stereocenters. The van der Waals surface area contributed by atoms with Crippen molar-refractivity contribution in [2.45, 2.75) is 4.90 Å². The Kier molecular flexibility index (Phi) is 7.24. The molecule has 0 saturated heterocycles. The van der Waals surface area contributed by atoms with E-state index < -0.39 is 5.82 Å². The SMILES string of the molecule is O=C(COc1ccccc1)Nc1ccc(SCC(=O)Nc2ccccc2F)cc1. The molecule has 0 aliphatic heterocycles. The van der Waals surface area contributed by atoms with E-state index in [1.165, 1.54) is 23.9 Å². The Labute approximate surface area is 172 Å². The molecule has 0 fully saturated rings. The summed E-state index contributed by atoms with van der Waals surface area (Å²) in [5, 5.41) is 5.29. The standard InChI is InChI=1S/C22H19FN2O3S/c23-19-8-4-5-9-20(19)25-22(27)15-29-18-12-10-16(11-13-18)24-21(26)14-28-17-6-2-1-3-7-17/h1-13H,14-15H2,(H,24,26)(H,25,27). The summed E-state index contributed by atoms with van der Waals surface area (Å²) in [6.07, 6.45) is 0. The number of benzene rings is 3. The minimum absolute atomic E-state index is 0.0866. The van der Waals surface area contributed by atoms with Crippen molar-refractivity contribution in [2.75, 3.05) is 23.0 Å². The molecular weight excluding hydrogens is 391 g/mol. The molecule has 0 saturated carbocycles. The average Bonchev–Trinajstić information content (AvgIpc) is 2.74. The van der Waals surface area contributed by atoms with E-state index in [4.69, 9.17) is 4.74 Å². The van der Waals surface area contributed by atoms with Crippen molar-refractivity contribution in [3.63, 3.8) is 0 Å². The Morgan fingerprint density at radius 2 is 1.52 bits per heavy atom. The summed E-state index contributed by atoms with van der Waals surface area (Å²) in [6.45, 7) is -0.0866. The van der Waals surface area contributed by atoms with Crippen molar-refractivity contribution in [3.8, 4) is 5.75 Å². The summed E-state index contributed by atoms with van der Waals surface area (Å²) >= 11 is 1.32. The smallest absolute Gasteiger partial charge is 0.262 e. The molecule has 0 atom stereocenters. The number of carbonyl (C=O) groups is 2. The molecule has 7 heteroatoms. The third kappa shape index (κ3) is 6.65. The molecule has 29 heavy (non-hydrogen) atoms. The van der Waals surface area contributed by atoms with Gasteiger partial charge in [-0.1, -0.05) is 30.3 Å². The Hall–Kier alpha value is -3.32. The first-order valence-electron chi connectivity index (χ1n) is 8.85. The lowest BCUT2D eigenvalue weighted by molar-refractivity contribution is -0.118. The molecule has 3 aromatic rings. The van der Waals surface area contributed by atoms with Gasteiger partial charge in [-0.05, 0) is 48.5 Å². The van der Waals surface area contributed by atoms with E-state index in [1.54, 1.807) is 48.5 Å². The first-order valence-corrected chi connectivity index (χ1v) is 9.83. The third-order valence-electron chi connectivity index (χ3n) is 3.77. The monoisotopic (exact) mass is 410 g/mol. The lowest BCUT2D eigenvalue weighted by Crippen LogP contribution is -2.20. The number of anilines is 2. The van der Waals surface area contributed by atoms with E-state index in [-0.39, 0.29) is 29.9 Å². The lowest BCUT2D eigenvalue weighted by Gasteiger charge is -2.08. The van der Waals surface area contributed by atoms with Crippen LogP contribution >= 0.6 is 11.8 Å². The number of nitrogens with one attached hydrogen (secondary N) is 2. The Morgan fingerprint density at radius 1 is 0.828 bits per heavy atom. The zero-order chi connectivity index (χ0) is 20.5. The summed E-state index contributed by atoms with van der Waals surface area (Å²) < 4.78 is 18.9. The van der Waals surface area contributed by atoms with Crippen molar-refractivity contribution >= 4 is 35.0 Å². The highest BCUT2D eigenvalue weighted by atomic mass is 32.2. The predicted molar refractivity (Wildman–Crippen MR) is 113 cm³/mol. The molecule has 0 heterocycles. The molecule has 148 valence electrons. The molecule has 2 amide bonds. The number of para-hydroxylation sites is 2. The van der Waals surface area contributed by atoms with Gasteiger partial charge in [-0.3, -0.25) is 9.59 Å². The van der Waals surface area contributed by atoms with E-state index >= 15 is 0 Å². The van der Waals surface area contributed by atoms with Gasteiger partial charge in [0.15, 0.2) is 6.61 Å². The number of hydrogen-bond acceptors (Lipinski definition) is 4. The normalized spacial score (nSPS) is 10.2. The fourth-order valence-corrected chi connectivity index (χ4v) is 3.09. The number of carbonyl (C=O) groups excluding carboxylic acids is 2. The molecule has 3 aromatic carbocycles. The molecule has 0 aliphatic carbocycles. The Morgan fingerprint density at radius 3 is 2.24 bits per heavy atom. The second-order valence-electron chi connectivity index (χ2n) is 5.99. The fraction of sp³-hybridized carbons (Fsp3) is 0.0909. The van der Waals surface area contributed by atoms with Gasteiger partial charge >= 0.3 is 0 Å². The highest BCUT2D eigenvalue weighted by Gasteiger charge is 2.08. The summed E-state index contributed by atoms with van der Waals surface area (Å²) in [4.78, 5) is 24.8. The first-order chi connectivity index (χ1) is 14.1. The maximum Gasteiger partial charge on any atom is 0.262 e. The van der Waals surface area contributed by atoms with E-state index in [0.717, 1.165) is 4.90 Å². The van der Waals surface area contributed by atoms with E-state index in [0.29, 0.717) is 11.4 Å². The van der Waals surface area contributed by atoms with Crippen LogP contribution in [0.15, 0.2) is 83.8 Å². The van der Waals surface area contributed by atoms with Crippen LogP contribution in [0.2, 0.25) is 0 Å². The third-order valence-corrected chi connectivity index (χ3v) is 4.78. The van der Waals surface area contributed by atoms with Gasteiger partial charge in [0.2, 0.25) is 5.91 Å². The van der Waals surface area contributed by atoms with Gasteiger partial charge in [0.1, 0.15) is 11.6 Å². The number of thioether (sulfide) groups is 1. The minimum atomic E-state index is -0.470. The number of hydrogen-bond donors (Lipinski definition) is 2. The average molecular weight is 410 g/mol. The van der Waals surface area contributed by atoms with Gasteiger partial charge in [-0.15, -0.1) is 11.8 Å². The van der Waals surface area contributed by atoms with Crippen LogP contribution in [0.4, 0.5) is 15.8 Å². The molecule has 0 aromatic heterocycles. The van der Waals surface area contributed by atoms with Gasteiger partial charge in [0, 0.05) is 10.6 Å². The zero-order valence-electron chi connectivity index (χ0n) is 15.4. The molecule has 3 rings (SSSR count). The zero-order valence-corrected chi connectivity index (χ0v) is 16.2. The molecular formula is C22H19FN2O3S. The lowest BCUT2D eigenvalue weighted by atomic mass is 10.3. The van der Waals surface area contributed by atoms with Crippen molar-refractivity contribution < 1.29 is 18.7 Å². The highest BCUT2D eigenvalue weighted by molar-refractivity contribution is 8.00. The quantitative estimate of drug-likeness (QED) is 0.534. The van der Waals surface area contributed by atoms with E-state index in [2.05, 4.69) is 10.6 Å².